The molecule has 0 saturated carbocycles. The number of imidazole rings is 1. The minimum Gasteiger partial charge on any atom is -0.487 e. The molecule has 0 spiro atoms. The normalized spacial score (nSPS) is 19.1. The summed E-state index contributed by atoms with van der Waals surface area (Å²) in [6.45, 7) is 10.8. The molecule has 4 saturated heterocycles. The van der Waals surface area contributed by atoms with Crippen LogP contribution in [-0.4, -0.2) is 98.4 Å². The molecular weight excluding hydrogens is 927 g/mol. The molecule has 2 N–H and O–H groups in total. The summed E-state index contributed by atoms with van der Waals surface area (Å²) >= 11 is 6.32. The number of rotatable bonds is 10. The zero-order chi connectivity index (χ0) is 49.9. The lowest BCUT2D eigenvalue weighted by molar-refractivity contribution is -0.192. The molecule has 4 aliphatic rings. The number of anilines is 2. The zero-order valence-corrected chi connectivity index (χ0v) is 40.2. The molecule has 0 bridgehead atoms. The number of aromatic nitrogens is 4. The van der Waals surface area contributed by atoms with Crippen LogP contribution in [-0.2, 0) is 33.5 Å². The van der Waals surface area contributed by atoms with E-state index in [0.29, 0.717) is 29.7 Å². The van der Waals surface area contributed by atoms with E-state index in [1.54, 1.807) is 22.2 Å². The molecule has 9 rings (SSSR count). The first-order chi connectivity index (χ1) is 33.4. The van der Waals surface area contributed by atoms with Crippen molar-refractivity contribution in [3.05, 3.63) is 111 Å². The number of likely N-dealkylation sites (tertiary alicyclic amines) is 1. The molecule has 0 radical (unpaired) electrons. The monoisotopic (exact) mass is 983 g/mol. The van der Waals surface area contributed by atoms with Crippen molar-refractivity contribution in [3.63, 3.8) is 0 Å². The van der Waals surface area contributed by atoms with Gasteiger partial charge in [0.1, 0.15) is 18.4 Å². The number of benzene rings is 3. The topological polar surface area (TPSA) is 179 Å². The predicted molar refractivity (Wildman–Crippen MR) is 258 cm³/mol. The van der Waals surface area contributed by atoms with Crippen LogP contribution in [0.25, 0.3) is 11.0 Å². The Bertz CT molecular complexity index is 2820. The standard InChI is InChI=1S/C49H56ClN9O4.C2HF3O2/c1-49(2,36-26-32(30-51)27-37(50)28-36)35-4-7-41(8-5-35)63-31-38-12-19-52-47(53-38)58-24-17-39(18-25-58)56-20-13-33(14-21-56)34-15-22-57(23-16-34)40-6-9-42-44(29-40)55(3)48(62)59(42)43-10-11-45(60)54-46(43)61;3-2(4,5)1(6)7/h4-9,12,19,26-29,33-34,39,43H,10-11,13-18,20-25,31H2,1-3H3,(H,54,60,61);(H,6,7). The maximum Gasteiger partial charge on any atom is 0.490 e. The molecule has 1 unspecified atom stereocenters. The highest BCUT2D eigenvalue weighted by molar-refractivity contribution is 6.30. The summed E-state index contributed by atoms with van der Waals surface area (Å²) in [7, 11) is 1.76. The molecule has 2 amide bonds. The first-order valence-corrected chi connectivity index (χ1v) is 24.1. The molecule has 15 nitrogen and oxygen atoms in total. The average molecular weight is 985 g/mol. The number of imide groups is 1. The average Bonchev–Trinajstić information content (AvgIpc) is 3.60. The largest absolute Gasteiger partial charge is 0.490 e. The number of carbonyl (C=O) groups is 3. The van der Waals surface area contributed by atoms with E-state index >= 15 is 0 Å². The van der Waals surface area contributed by atoms with Crippen LogP contribution in [0, 0.1) is 23.2 Å². The number of fused-ring (bicyclic) bond motifs is 1. The van der Waals surface area contributed by atoms with Gasteiger partial charge in [-0.2, -0.15) is 18.4 Å². The number of aryl methyl sites for hydroxylation is 1. The first-order valence-electron chi connectivity index (χ1n) is 23.7. The van der Waals surface area contributed by atoms with Crippen molar-refractivity contribution in [2.45, 2.75) is 95.5 Å². The molecule has 70 heavy (non-hydrogen) atoms. The Balaban J connectivity index is 0.000000876. The van der Waals surface area contributed by atoms with E-state index in [1.165, 1.54) is 25.7 Å². The molecule has 5 aromatic rings. The molecule has 4 aliphatic heterocycles. The number of nitriles is 1. The number of nitrogens with zero attached hydrogens (tertiary/aromatic N) is 8. The van der Waals surface area contributed by atoms with Crippen molar-refractivity contribution in [3.8, 4) is 11.8 Å². The lowest BCUT2D eigenvalue weighted by Crippen LogP contribution is -2.49. The second-order valence-electron chi connectivity index (χ2n) is 19.2. The van der Waals surface area contributed by atoms with Crippen molar-refractivity contribution in [1.82, 2.24) is 29.3 Å². The highest BCUT2D eigenvalue weighted by Gasteiger charge is 2.38. The van der Waals surface area contributed by atoms with Crippen molar-refractivity contribution in [2.24, 2.45) is 18.9 Å². The van der Waals surface area contributed by atoms with Gasteiger partial charge in [0.15, 0.2) is 0 Å². The molecule has 0 aliphatic carbocycles. The van der Waals surface area contributed by atoms with Crippen LogP contribution in [0.1, 0.15) is 93.6 Å². The van der Waals surface area contributed by atoms with E-state index in [9.17, 15) is 32.8 Å². The quantitative estimate of drug-likeness (QED) is 0.130. The van der Waals surface area contributed by atoms with Crippen molar-refractivity contribution in [1.29, 1.82) is 5.26 Å². The minimum atomic E-state index is -5.08. The Kier molecular flexibility index (Phi) is 14.9. The number of carbonyl (C=O) groups excluding carboxylic acids is 2. The van der Waals surface area contributed by atoms with Crippen molar-refractivity contribution >= 4 is 52.1 Å². The number of nitrogens with one attached hydrogen (secondary N) is 1. The molecule has 2 aromatic heterocycles. The molecule has 19 heteroatoms. The molecule has 370 valence electrons. The molecule has 3 aromatic carbocycles. The van der Waals surface area contributed by atoms with Crippen LogP contribution in [0.4, 0.5) is 24.8 Å². The fourth-order valence-corrected chi connectivity index (χ4v) is 10.8. The predicted octanol–water partition coefficient (Wildman–Crippen LogP) is 7.77. The van der Waals surface area contributed by atoms with Crippen molar-refractivity contribution < 1.29 is 37.4 Å². The summed E-state index contributed by atoms with van der Waals surface area (Å²) in [4.78, 5) is 63.6. The Labute approximate surface area is 408 Å². The summed E-state index contributed by atoms with van der Waals surface area (Å²) in [6.07, 6.45) is 4.37. The zero-order valence-electron chi connectivity index (χ0n) is 39.4. The van der Waals surface area contributed by atoms with E-state index in [4.69, 9.17) is 31.2 Å². The fraction of sp³-hybridized carbons (Fsp3) is 0.471. The van der Waals surface area contributed by atoms with Gasteiger partial charge in [-0.15, -0.1) is 0 Å². The van der Waals surface area contributed by atoms with Gasteiger partial charge in [-0.3, -0.25) is 24.0 Å². The van der Waals surface area contributed by atoms with E-state index < -0.39 is 24.1 Å². The third kappa shape index (κ3) is 11.1. The Morgan fingerprint density at radius 2 is 1.49 bits per heavy atom. The summed E-state index contributed by atoms with van der Waals surface area (Å²) in [5, 5.41) is 19.5. The summed E-state index contributed by atoms with van der Waals surface area (Å²) in [6, 6.07) is 23.8. The van der Waals surface area contributed by atoms with E-state index in [1.807, 2.05) is 42.6 Å². The summed E-state index contributed by atoms with van der Waals surface area (Å²) in [5.41, 5.74) is 5.55. The lowest BCUT2D eigenvalue weighted by Gasteiger charge is -2.44. The van der Waals surface area contributed by atoms with Gasteiger partial charge in [0.25, 0.3) is 0 Å². The van der Waals surface area contributed by atoms with Crippen LogP contribution in [0.2, 0.25) is 5.02 Å². The highest BCUT2D eigenvalue weighted by atomic mass is 35.5. The van der Waals surface area contributed by atoms with Gasteiger partial charge in [-0.25, -0.2) is 19.6 Å². The number of halogens is 4. The van der Waals surface area contributed by atoms with E-state index in [0.717, 1.165) is 109 Å². The molecule has 4 fully saturated rings. The SMILES string of the molecule is Cn1c(=O)n(C2CCC(=O)NC2=O)c2ccc(N3CCC(C4CCN(C5CCN(c6nccc(COc7ccc(C(C)(C)c8cc(Cl)cc(C#N)c8)cc7)n6)CC5)CC4)CC3)cc21.O=C(O)C(F)(F)F. The fourth-order valence-electron chi connectivity index (χ4n) is 10.5. The van der Waals surface area contributed by atoms with E-state index in [-0.39, 0.29) is 23.4 Å². The number of amides is 2. The smallest absolute Gasteiger partial charge is 0.487 e. The van der Waals surface area contributed by atoms with Gasteiger partial charge in [0.2, 0.25) is 17.8 Å². The number of piperidine rings is 4. The number of carboxylic acid groups (broad SMARTS) is 1. The summed E-state index contributed by atoms with van der Waals surface area (Å²) < 4.78 is 41.1. The minimum absolute atomic E-state index is 0.230. The Morgan fingerprint density at radius 3 is 2.11 bits per heavy atom. The molecule has 6 heterocycles. The maximum absolute atomic E-state index is 13.3. The Hall–Kier alpha value is -6.45. The van der Waals surface area contributed by atoms with Crippen LogP contribution >= 0.6 is 11.6 Å². The third-order valence-corrected chi connectivity index (χ3v) is 14.9. The number of carboxylic acids is 1. The van der Waals surface area contributed by atoms with Crippen LogP contribution in [0.3, 0.4) is 0 Å². The van der Waals surface area contributed by atoms with Gasteiger partial charge in [0.05, 0.1) is 28.4 Å². The van der Waals surface area contributed by atoms with Crippen molar-refractivity contribution in [2.75, 3.05) is 49.1 Å². The first kappa shape index (κ1) is 50.0. The second-order valence-corrected chi connectivity index (χ2v) is 19.6. The third-order valence-electron chi connectivity index (χ3n) is 14.7. The number of ether oxygens (including phenoxy) is 1. The molecular formula is C51H57ClF3N9O6. The van der Waals surface area contributed by atoms with Crippen LogP contribution < -0.4 is 25.5 Å². The van der Waals surface area contributed by atoms with Gasteiger partial charge in [-0.05, 0) is 136 Å². The van der Waals surface area contributed by atoms with Crippen LogP contribution in [0.5, 0.6) is 5.75 Å². The Morgan fingerprint density at radius 1 is 0.843 bits per heavy atom. The van der Waals surface area contributed by atoms with Crippen LogP contribution in [0.15, 0.2) is 77.7 Å². The van der Waals surface area contributed by atoms with Gasteiger partial charge >= 0.3 is 17.8 Å². The van der Waals surface area contributed by atoms with E-state index in [2.05, 4.69) is 69.2 Å². The lowest BCUT2D eigenvalue weighted by atomic mass is 9.78. The number of aliphatic carboxylic acids is 1. The molecule has 1 atom stereocenters. The maximum atomic E-state index is 13.3. The van der Waals surface area contributed by atoms with Gasteiger partial charge in [-0.1, -0.05) is 37.6 Å². The number of alkyl halides is 3. The van der Waals surface area contributed by atoms with Gasteiger partial charge < -0.3 is 24.5 Å². The number of hydrogen-bond donors (Lipinski definition) is 2. The second kappa shape index (κ2) is 20.9. The highest BCUT2D eigenvalue weighted by Crippen LogP contribution is 2.37. The summed E-state index contributed by atoms with van der Waals surface area (Å²) in [5.74, 6) is -0.439. The number of hydrogen-bond acceptors (Lipinski definition) is 11. The van der Waals surface area contributed by atoms with Gasteiger partial charge in [0, 0.05) is 68.0 Å².